The lowest BCUT2D eigenvalue weighted by Crippen LogP contribution is -2.43. The van der Waals surface area contributed by atoms with E-state index in [0.717, 1.165) is 43.0 Å². The molecule has 142 valence electrons. The summed E-state index contributed by atoms with van der Waals surface area (Å²) < 4.78 is 1.97. The lowest BCUT2D eigenvalue weighted by molar-refractivity contribution is 0.263. The van der Waals surface area contributed by atoms with Gasteiger partial charge in [-0.25, -0.2) is 0 Å². The fraction of sp³-hybridized carbons (Fsp3) is 0.800. The van der Waals surface area contributed by atoms with Crippen molar-refractivity contribution in [2.24, 2.45) is 23.9 Å². The highest BCUT2D eigenvalue weighted by molar-refractivity contribution is 5.80. The summed E-state index contributed by atoms with van der Waals surface area (Å²) >= 11 is 0. The second-order valence-electron chi connectivity index (χ2n) is 7.76. The number of rotatable bonds is 6. The molecule has 0 saturated heterocycles. The van der Waals surface area contributed by atoms with Crippen molar-refractivity contribution in [2.45, 2.75) is 72.8 Å². The van der Waals surface area contributed by atoms with Crippen molar-refractivity contribution in [3.63, 3.8) is 0 Å². The van der Waals surface area contributed by atoms with E-state index in [2.05, 4.69) is 50.4 Å². The summed E-state index contributed by atoms with van der Waals surface area (Å²) in [5.41, 5.74) is 3.73. The van der Waals surface area contributed by atoms with Gasteiger partial charge in [0.2, 0.25) is 0 Å². The summed E-state index contributed by atoms with van der Waals surface area (Å²) in [6.45, 7) is 12.8. The fourth-order valence-corrected chi connectivity index (χ4v) is 3.90. The van der Waals surface area contributed by atoms with E-state index >= 15 is 0 Å². The van der Waals surface area contributed by atoms with Crippen LogP contribution in [0, 0.1) is 25.7 Å². The van der Waals surface area contributed by atoms with Crippen molar-refractivity contribution in [3.05, 3.63) is 17.0 Å². The Balaban J connectivity index is 1.96. The Hall–Kier alpha value is -1.52. The highest BCUT2D eigenvalue weighted by atomic mass is 15.3. The molecule has 0 spiro atoms. The molecule has 1 aliphatic rings. The third-order valence-electron chi connectivity index (χ3n) is 5.67. The zero-order valence-electron chi connectivity index (χ0n) is 17.0. The summed E-state index contributed by atoms with van der Waals surface area (Å²) in [5.74, 6) is 2.49. The van der Waals surface area contributed by atoms with Crippen LogP contribution in [0.25, 0.3) is 0 Å². The number of nitrogens with zero attached hydrogens (tertiary/aromatic N) is 3. The highest BCUT2D eigenvalue weighted by Crippen LogP contribution is 2.29. The van der Waals surface area contributed by atoms with Gasteiger partial charge in [0.25, 0.3) is 0 Å². The van der Waals surface area contributed by atoms with Gasteiger partial charge in [0.05, 0.1) is 5.69 Å². The van der Waals surface area contributed by atoms with Gasteiger partial charge in [-0.15, -0.1) is 0 Å². The molecule has 0 aromatic carbocycles. The number of hydrogen-bond donors (Lipinski definition) is 2. The normalized spacial score (nSPS) is 22.7. The topological polar surface area (TPSA) is 54.2 Å². The third-order valence-corrected chi connectivity index (χ3v) is 5.67. The second kappa shape index (κ2) is 9.25. The van der Waals surface area contributed by atoms with Gasteiger partial charge >= 0.3 is 0 Å². The molecule has 5 nitrogen and oxygen atoms in total. The molecule has 2 rings (SSSR count). The molecule has 3 atom stereocenters. The Morgan fingerprint density at radius 2 is 2.04 bits per heavy atom. The van der Waals surface area contributed by atoms with E-state index in [1.807, 2.05) is 11.7 Å². The molecular formula is C20H37N5. The molecule has 5 heteroatoms. The maximum atomic E-state index is 4.89. The minimum absolute atomic E-state index is 0.322. The number of guanidine groups is 1. The third kappa shape index (κ3) is 5.48. The molecule has 2 N–H and O–H groups in total. The van der Waals surface area contributed by atoms with Crippen LogP contribution in [0.15, 0.2) is 4.99 Å². The lowest BCUT2D eigenvalue weighted by Gasteiger charge is -2.27. The zero-order chi connectivity index (χ0) is 18.4. The monoisotopic (exact) mass is 347 g/mol. The van der Waals surface area contributed by atoms with Crippen LogP contribution in [-0.4, -0.2) is 34.9 Å². The first kappa shape index (κ1) is 19.8. The van der Waals surface area contributed by atoms with Crippen molar-refractivity contribution in [3.8, 4) is 0 Å². The minimum Gasteiger partial charge on any atom is -0.357 e. The van der Waals surface area contributed by atoms with Crippen molar-refractivity contribution < 1.29 is 0 Å². The molecule has 1 fully saturated rings. The van der Waals surface area contributed by atoms with E-state index in [1.165, 1.54) is 36.9 Å². The quantitative estimate of drug-likeness (QED) is 0.613. The molecular weight excluding hydrogens is 310 g/mol. The van der Waals surface area contributed by atoms with Gasteiger partial charge in [-0.05, 0) is 57.9 Å². The predicted octanol–water partition coefficient (Wildman–Crippen LogP) is 3.35. The van der Waals surface area contributed by atoms with E-state index in [0.29, 0.717) is 6.04 Å². The number of nitrogens with one attached hydrogen (secondary N) is 2. The Morgan fingerprint density at radius 3 is 2.64 bits per heavy atom. The average Bonchev–Trinajstić information content (AvgIpc) is 2.80. The smallest absolute Gasteiger partial charge is 0.191 e. The predicted molar refractivity (Wildman–Crippen MR) is 106 cm³/mol. The first-order valence-corrected chi connectivity index (χ1v) is 9.96. The Labute approximate surface area is 153 Å². The van der Waals surface area contributed by atoms with E-state index in [1.54, 1.807) is 0 Å². The first-order chi connectivity index (χ1) is 11.9. The maximum absolute atomic E-state index is 4.89. The van der Waals surface area contributed by atoms with E-state index in [9.17, 15) is 0 Å². The van der Waals surface area contributed by atoms with Gasteiger partial charge in [-0.1, -0.05) is 26.2 Å². The molecule has 1 aliphatic carbocycles. The summed E-state index contributed by atoms with van der Waals surface area (Å²) in [6, 6.07) is 0.322. The summed E-state index contributed by atoms with van der Waals surface area (Å²) in [6.07, 6.45) is 6.41. The molecule has 25 heavy (non-hydrogen) atoms. The van der Waals surface area contributed by atoms with Gasteiger partial charge in [0, 0.05) is 31.9 Å². The van der Waals surface area contributed by atoms with Gasteiger partial charge in [0.15, 0.2) is 5.96 Å². The Morgan fingerprint density at radius 1 is 1.32 bits per heavy atom. The second-order valence-corrected chi connectivity index (χ2v) is 7.76. The number of aliphatic imine (C=N–C) groups is 1. The average molecular weight is 348 g/mol. The van der Waals surface area contributed by atoms with Crippen LogP contribution in [-0.2, 0) is 13.5 Å². The summed E-state index contributed by atoms with van der Waals surface area (Å²) in [5, 5.41) is 11.5. The van der Waals surface area contributed by atoms with Crippen LogP contribution in [0.2, 0.25) is 0 Å². The van der Waals surface area contributed by atoms with Crippen molar-refractivity contribution in [1.82, 2.24) is 20.4 Å². The summed E-state index contributed by atoms with van der Waals surface area (Å²) in [7, 11) is 2.01. The van der Waals surface area contributed by atoms with Crippen LogP contribution in [0.1, 0.15) is 63.4 Å². The van der Waals surface area contributed by atoms with Gasteiger partial charge in [0.1, 0.15) is 0 Å². The molecule has 1 saturated carbocycles. The fourth-order valence-electron chi connectivity index (χ4n) is 3.90. The van der Waals surface area contributed by atoms with Crippen molar-refractivity contribution in [1.29, 1.82) is 0 Å². The molecule has 1 heterocycles. The van der Waals surface area contributed by atoms with Crippen LogP contribution in [0.3, 0.4) is 0 Å². The molecule has 0 radical (unpaired) electrons. The molecule has 0 amide bonds. The molecule has 1 aromatic rings. The number of hydrogen-bond acceptors (Lipinski definition) is 2. The van der Waals surface area contributed by atoms with Gasteiger partial charge in [-0.3, -0.25) is 9.67 Å². The first-order valence-electron chi connectivity index (χ1n) is 9.96. The Kier molecular flexibility index (Phi) is 7.33. The molecule has 0 aliphatic heterocycles. The van der Waals surface area contributed by atoms with Crippen molar-refractivity contribution in [2.75, 3.05) is 13.1 Å². The lowest BCUT2D eigenvalue weighted by atomic mass is 9.80. The largest absolute Gasteiger partial charge is 0.357 e. The number of aryl methyl sites for hydroxylation is 2. The minimum atomic E-state index is 0.322. The standard InChI is InChI=1S/C20H37N5/c1-7-21-20(22-13-18-11-9-8-10-14(18)2)23-15(3)12-19-16(4)24-25(6)17(19)5/h14-15,18H,7-13H2,1-6H3,(H2,21,22,23). The SMILES string of the molecule is CCNC(=NCC1CCCCC1C)NC(C)Cc1c(C)nn(C)c1C. The van der Waals surface area contributed by atoms with Gasteiger partial charge < -0.3 is 10.6 Å². The van der Waals surface area contributed by atoms with Crippen LogP contribution >= 0.6 is 0 Å². The van der Waals surface area contributed by atoms with E-state index < -0.39 is 0 Å². The zero-order valence-corrected chi connectivity index (χ0v) is 17.0. The van der Waals surface area contributed by atoms with Crippen molar-refractivity contribution >= 4 is 5.96 Å². The maximum Gasteiger partial charge on any atom is 0.191 e. The van der Waals surface area contributed by atoms with Crippen LogP contribution in [0.5, 0.6) is 0 Å². The Bertz CT molecular complexity index is 575. The molecule has 0 bridgehead atoms. The number of aromatic nitrogens is 2. The molecule has 3 unspecified atom stereocenters. The molecule has 1 aromatic heterocycles. The summed E-state index contributed by atoms with van der Waals surface area (Å²) in [4.78, 5) is 4.89. The van der Waals surface area contributed by atoms with Crippen LogP contribution < -0.4 is 10.6 Å². The van der Waals surface area contributed by atoms with Crippen LogP contribution in [0.4, 0.5) is 0 Å². The highest BCUT2D eigenvalue weighted by Gasteiger charge is 2.21. The van der Waals surface area contributed by atoms with Gasteiger partial charge in [-0.2, -0.15) is 5.10 Å². The van der Waals surface area contributed by atoms with E-state index in [-0.39, 0.29) is 0 Å². The van der Waals surface area contributed by atoms with E-state index in [4.69, 9.17) is 4.99 Å².